The summed E-state index contributed by atoms with van der Waals surface area (Å²) in [4.78, 5) is 22.0. The molecule has 3 heterocycles. The van der Waals surface area contributed by atoms with E-state index in [2.05, 4.69) is 31.9 Å². The number of rotatable bonds is 12. The fourth-order valence-electron chi connectivity index (χ4n) is 4.80. The number of carbonyl (C=O) groups excluding carboxylic acids is 1. The van der Waals surface area contributed by atoms with Crippen LogP contribution in [0.5, 0.6) is 11.6 Å². The minimum absolute atomic E-state index is 0. The van der Waals surface area contributed by atoms with Crippen molar-refractivity contribution in [2.24, 2.45) is 7.05 Å². The molecule has 2 N–H and O–H groups in total. The van der Waals surface area contributed by atoms with Gasteiger partial charge in [-0.05, 0) is 49.1 Å². The second-order valence-corrected chi connectivity index (χ2v) is 12.0. The van der Waals surface area contributed by atoms with E-state index in [1.54, 1.807) is 35.1 Å². The van der Waals surface area contributed by atoms with E-state index in [0.717, 1.165) is 70.1 Å². The van der Waals surface area contributed by atoms with Crippen LogP contribution in [0, 0.1) is 0 Å². The van der Waals surface area contributed by atoms with Crippen molar-refractivity contribution >= 4 is 52.2 Å². The highest BCUT2D eigenvalue weighted by Gasteiger charge is 2.28. The van der Waals surface area contributed by atoms with Crippen LogP contribution in [0.25, 0.3) is 0 Å². The lowest BCUT2D eigenvalue weighted by atomic mass is 10.0. The monoisotopic (exact) mass is 641 g/mol. The third-order valence-electron chi connectivity index (χ3n) is 6.80. The van der Waals surface area contributed by atoms with E-state index in [0.29, 0.717) is 23.0 Å². The predicted octanol–water partition coefficient (Wildman–Crippen LogP) is 5.51. The number of nitrogens with one attached hydrogen (secondary N) is 2. The second-order valence-electron chi connectivity index (χ2n) is 10.2. The first-order valence-electron chi connectivity index (χ1n) is 13.7. The zero-order chi connectivity index (χ0) is 28.5. The molecule has 0 spiro atoms. The fourth-order valence-corrected chi connectivity index (χ4v) is 5.37. The molecular weight excluding hydrogens is 601 g/mol. The molecule has 0 atom stereocenters. The number of likely N-dealkylation sites (tertiary alicyclic amines) is 1. The summed E-state index contributed by atoms with van der Waals surface area (Å²) >= 11 is 0. The molecule has 2 aromatic heterocycles. The van der Waals surface area contributed by atoms with Gasteiger partial charge in [-0.2, -0.15) is 5.10 Å². The predicted molar refractivity (Wildman–Crippen MR) is 170 cm³/mol. The number of urea groups is 1. The van der Waals surface area contributed by atoms with Crippen molar-refractivity contribution in [1.29, 1.82) is 0 Å². The molecule has 0 saturated carbocycles. The van der Waals surface area contributed by atoms with Crippen molar-refractivity contribution in [2.75, 3.05) is 35.9 Å². The van der Waals surface area contributed by atoms with E-state index in [1.807, 2.05) is 36.5 Å². The Labute approximate surface area is 260 Å². The number of carbonyl (C=O) groups is 1. The molecule has 14 heteroatoms. The van der Waals surface area contributed by atoms with E-state index in [4.69, 9.17) is 4.74 Å². The van der Waals surface area contributed by atoms with Gasteiger partial charge >= 0.3 is 6.03 Å². The van der Waals surface area contributed by atoms with Crippen molar-refractivity contribution in [3.63, 3.8) is 0 Å². The van der Waals surface area contributed by atoms with Gasteiger partial charge in [-0.15, -0.1) is 24.8 Å². The van der Waals surface area contributed by atoms with E-state index < -0.39 is 10.0 Å². The highest BCUT2D eigenvalue weighted by Crippen LogP contribution is 2.24. The first-order valence-corrected chi connectivity index (χ1v) is 15.6. The third-order valence-corrected chi connectivity index (χ3v) is 7.41. The number of halogens is 2. The van der Waals surface area contributed by atoms with Crippen LogP contribution < -0.4 is 14.8 Å². The van der Waals surface area contributed by atoms with E-state index in [1.165, 1.54) is 0 Å². The smallest absolute Gasteiger partial charge is 0.322 e. The average Bonchev–Trinajstić information content (AvgIpc) is 3.33. The number of sulfonamides is 1. The molecule has 0 aliphatic carbocycles. The highest BCUT2D eigenvalue weighted by molar-refractivity contribution is 7.92. The van der Waals surface area contributed by atoms with Gasteiger partial charge in [0.15, 0.2) is 0 Å². The van der Waals surface area contributed by atoms with Gasteiger partial charge in [-0.1, -0.05) is 25.8 Å². The number of anilines is 2. The summed E-state index contributed by atoms with van der Waals surface area (Å²) in [6.45, 7) is 5.52. The first kappa shape index (κ1) is 35.1. The van der Waals surface area contributed by atoms with Gasteiger partial charge in [0.05, 0.1) is 18.1 Å². The number of benzene rings is 1. The summed E-state index contributed by atoms with van der Waals surface area (Å²) in [6.07, 6.45) is 11.5. The molecule has 1 aliphatic rings. The lowest BCUT2D eigenvalue weighted by molar-refractivity contribution is 0.122. The highest BCUT2D eigenvalue weighted by atomic mass is 35.5. The molecule has 1 saturated heterocycles. The second kappa shape index (κ2) is 16.5. The maximum atomic E-state index is 13.1. The van der Waals surface area contributed by atoms with Crippen molar-refractivity contribution in [2.45, 2.75) is 51.6 Å². The molecule has 4 rings (SSSR count). The summed E-state index contributed by atoms with van der Waals surface area (Å²) < 4.78 is 32.6. The van der Waals surface area contributed by atoms with Crippen molar-refractivity contribution < 1.29 is 17.9 Å². The number of pyridine rings is 1. The Bertz CT molecular complexity index is 1350. The summed E-state index contributed by atoms with van der Waals surface area (Å²) in [6, 6.07) is 10.7. The Morgan fingerprint density at radius 1 is 1.05 bits per heavy atom. The zero-order valence-corrected chi connectivity index (χ0v) is 26.7. The number of hydrogen-bond donors (Lipinski definition) is 2. The SMILES string of the molecule is CCCCCN(C(=O)Nc1cnn(C)c1)C1CCN(Cc2ccc(Oc3ccc(NS(C)(=O)=O)cc3)nc2)CC1.Cl.Cl. The number of unbranched alkanes of at least 4 members (excludes halogenated alkanes) is 2. The van der Waals surface area contributed by atoms with Crippen molar-refractivity contribution in [1.82, 2.24) is 24.6 Å². The number of aromatic nitrogens is 3. The summed E-state index contributed by atoms with van der Waals surface area (Å²) in [5, 5.41) is 7.16. The van der Waals surface area contributed by atoms with Crippen LogP contribution in [0.3, 0.4) is 0 Å². The zero-order valence-electron chi connectivity index (χ0n) is 24.2. The minimum atomic E-state index is -3.32. The summed E-state index contributed by atoms with van der Waals surface area (Å²) in [7, 11) is -1.49. The number of piperidine rings is 1. The first-order chi connectivity index (χ1) is 19.2. The molecular formula is C28H41Cl2N7O4S. The van der Waals surface area contributed by atoms with E-state index >= 15 is 0 Å². The Balaban J connectivity index is 0.00000308. The van der Waals surface area contributed by atoms with Gasteiger partial charge in [-0.3, -0.25) is 14.3 Å². The Morgan fingerprint density at radius 3 is 2.33 bits per heavy atom. The molecule has 11 nitrogen and oxygen atoms in total. The van der Waals surface area contributed by atoms with Crippen molar-refractivity contribution in [3.05, 3.63) is 60.6 Å². The fraction of sp³-hybridized carbons (Fsp3) is 0.464. The molecule has 0 bridgehead atoms. The average molecular weight is 643 g/mol. The number of hydrogen-bond acceptors (Lipinski definition) is 7. The molecule has 232 valence electrons. The van der Waals surface area contributed by atoms with Crippen LogP contribution in [0.4, 0.5) is 16.2 Å². The van der Waals surface area contributed by atoms with E-state index in [-0.39, 0.29) is 36.9 Å². The number of aryl methyl sites for hydroxylation is 1. The van der Waals surface area contributed by atoms with Gasteiger partial charge in [-0.25, -0.2) is 18.2 Å². The maximum absolute atomic E-state index is 13.1. The lowest BCUT2D eigenvalue weighted by Gasteiger charge is -2.38. The minimum Gasteiger partial charge on any atom is -0.439 e. The molecule has 1 fully saturated rings. The topological polar surface area (TPSA) is 122 Å². The normalized spacial score (nSPS) is 13.9. The third kappa shape index (κ3) is 11.0. The number of nitrogens with zero attached hydrogens (tertiary/aromatic N) is 5. The molecule has 2 amide bonds. The van der Waals surface area contributed by atoms with Gasteiger partial charge < -0.3 is 15.0 Å². The van der Waals surface area contributed by atoms with Gasteiger partial charge in [0.2, 0.25) is 15.9 Å². The molecule has 42 heavy (non-hydrogen) atoms. The van der Waals surface area contributed by atoms with Gasteiger partial charge in [0.1, 0.15) is 5.75 Å². The van der Waals surface area contributed by atoms with Gasteiger partial charge in [0, 0.05) is 63.4 Å². The largest absolute Gasteiger partial charge is 0.439 e. The van der Waals surface area contributed by atoms with Crippen LogP contribution in [0.1, 0.15) is 44.6 Å². The Kier molecular flexibility index (Phi) is 13.8. The molecule has 1 aromatic carbocycles. The molecule has 3 aromatic rings. The van der Waals surface area contributed by atoms with Crippen LogP contribution in [0.2, 0.25) is 0 Å². The Hall–Kier alpha value is -3.06. The summed E-state index contributed by atoms with van der Waals surface area (Å²) in [5.74, 6) is 1.03. The van der Waals surface area contributed by atoms with Crippen LogP contribution >= 0.6 is 24.8 Å². The molecule has 0 radical (unpaired) electrons. The molecule has 1 aliphatic heterocycles. The van der Waals surface area contributed by atoms with E-state index in [9.17, 15) is 13.2 Å². The van der Waals surface area contributed by atoms with Gasteiger partial charge in [0.25, 0.3) is 0 Å². The van der Waals surface area contributed by atoms with Crippen molar-refractivity contribution in [3.8, 4) is 11.6 Å². The Morgan fingerprint density at radius 2 is 1.76 bits per heavy atom. The maximum Gasteiger partial charge on any atom is 0.322 e. The van der Waals surface area contributed by atoms with Crippen LogP contribution in [-0.4, -0.2) is 70.9 Å². The number of amides is 2. The van der Waals surface area contributed by atoms with Crippen LogP contribution in [-0.2, 0) is 23.6 Å². The van der Waals surface area contributed by atoms with Crippen LogP contribution in [0.15, 0.2) is 55.0 Å². The quantitative estimate of drug-likeness (QED) is 0.250. The number of ether oxygens (including phenoxy) is 1. The molecule has 0 unspecified atom stereocenters. The summed E-state index contributed by atoms with van der Waals surface area (Å²) in [5.41, 5.74) is 2.28. The standard InChI is InChI=1S/C28H39N7O4S.2ClH/c1-4-5-6-15-35(28(36)31-24-19-30-33(2)21-24)25-13-16-34(17-14-25)20-22-7-12-27(29-18-22)39-26-10-8-23(9-11-26)32-40(3,37)38;;/h7-12,18-19,21,25,32H,4-6,13-17,20H2,1-3H3,(H,31,36);2*1H. The lowest BCUT2D eigenvalue weighted by Crippen LogP contribution is -2.49.